The molecule has 0 bridgehead atoms. The molecular weight excluding hydrogens is 228 g/mol. The fourth-order valence-electron chi connectivity index (χ4n) is 1.62. The predicted molar refractivity (Wildman–Crippen MR) is 72.4 cm³/mol. The first-order chi connectivity index (χ1) is 8.42. The summed E-state index contributed by atoms with van der Waals surface area (Å²) < 4.78 is 5.28. The highest BCUT2D eigenvalue weighted by Gasteiger charge is 2.27. The number of para-hydroxylation sites is 1. The Bertz CT molecular complexity index is 416. The molecule has 1 rings (SSSR count). The minimum Gasteiger partial charge on any atom is -0.496 e. The second-order valence-electron chi connectivity index (χ2n) is 4.71. The fourth-order valence-corrected chi connectivity index (χ4v) is 1.62. The lowest BCUT2D eigenvalue weighted by atomic mass is 9.98. The summed E-state index contributed by atoms with van der Waals surface area (Å²) in [4.78, 5) is 12.0. The third-order valence-corrected chi connectivity index (χ3v) is 3.21. The average molecular weight is 250 g/mol. The molecule has 1 aromatic rings. The number of nitrogens with one attached hydrogen (secondary N) is 1. The van der Waals surface area contributed by atoms with E-state index in [-0.39, 0.29) is 11.9 Å². The highest BCUT2D eigenvalue weighted by molar-refractivity contribution is 5.85. The zero-order valence-corrected chi connectivity index (χ0v) is 11.5. The van der Waals surface area contributed by atoms with Crippen LogP contribution in [0.2, 0.25) is 0 Å². The molecule has 0 saturated carbocycles. The van der Waals surface area contributed by atoms with Gasteiger partial charge < -0.3 is 15.8 Å². The Morgan fingerprint density at radius 3 is 2.67 bits per heavy atom. The first-order valence-electron chi connectivity index (χ1n) is 6.15. The molecular formula is C14H22N2O2. The predicted octanol–water partition coefficient (Wildman–Crippen LogP) is 2.00. The summed E-state index contributed by atoms with van der Waals surface area (Å²) in [6, 6.07) is 7.49. The van der Waals surface area contributed by atoms with Crippen molar-refractivity contribution in [3.63, 3.8) is 0 Å². The lowest BCUT2D eigenvalue weighted by Gasteiger charge is -2.25. The second-order valence-corrected chi connectivity index (χ2v) is 4.71. The summed E-state index contributed by atoms with van der Waals surface area (Å²) in [7, 11) is 1.62. The van der Waals surface area contributed by atoms with Gasteiger partial charge in [-0.2, -0.15) is 0 Å². The topological polar surface area (TPSA) is 64.4 Å². The molecule has 0 saturated heterocycles. The van der Waals surface area contributed by atoms with E-state index in [0.717, 1.165) is 11.3 Å². The Morgan fingerprint density at radius 2 is 2.11 bits per heavy atom. The lowest BCUT2D eigenvalue weighted by Crippen LogP contribution is -2.51. The van der Waals surface area contributed by atoms with Crippen molar-refractivity contribution in [2.24, 2.45) is 5.73 Å². The van der Waals surface area contributed by atoms with E-state index in [9.17, 15) is 4.79 Å². The monoisotopic (exact) mass is 250 g/mol. The van der Waals surface area contributed by atoms with Gasteiger partial charge in [-0.1, -0.05) is 25.1 Å². The Balaban J connectivity index is 2.83. The largest absolute Gasteiger partial charge is 0.496 e. The molecule has 1 aromatic carbocycles. The van der Waals surface area contributed by atoms with Crippen molar-refractivity contribution in [3.8, 4) is 5.75 Å². The van der Waals surface area contributed by atoms with Crippen LogP contribution < -0.4 is 15.8 Å². The van der Waals surface area contributed by atoms with Crippen molar-refractivity contribution in [2.75, 3.05) is 7.11 Å². The SMILES string of the molecule is CCC(C)(N)C(=O)N[C@H](C)c1ccccc1OC. The molecule has 0 aliphatic carbocycles. The Morgan fingerprint density at radius 1 is 1.50 bits per heavy atom. The van der Waals surface area contributed by atoms with Crippen molar-refractivity contribution >= 4 is 5.91 Å². The number of methoxy groups -OCH3 is 1. The minimum absolute atomic E-state index is 0.136. The van der Waals surface area contributed by atoms with E-state index >= 15 is 0 Å². The third kappa shape index (κ3) is 3.23. The number of amides is 1. The van der Waals surface area contributed by atoms with E-state index in [1.165, 1.54) is 0 Å². The van der Waals surface area contributed by atoms with Gasteiger partial charge in [-0.15, -0.1) is 0 Å². The number of carbonyl (C=O) groups is 1. The maximum atomic E-state index is 12.0. The molecule has 0 aromatic heterocycles. The molecule has 0 radical (unpaired) electrons. The molecule has 100 valence electrons. The molecule has 0 spiro atoms. The summed E-state index contributed by atoms with van der Waals surface area (Å²) in [5.41, 5.74) is 6.02. The van der Waals surface area contributed by atoms with Crippen molar-refractivity contribution < 1.29 is 9.53 Å². The van der Waals surface area contributed by atoms with Gasteiger partial charge in [-0.3, -0.25) is 4.79 Å². The van der Waals surface area contributed by atoms with Crippen LogP contribution in [0.1, 0.15) is 38.8 Å². The van der Waals surface area contributed by atoms with E-state index in [2.05, 4.69) is 5.32 Å². The molecule has 0 heterocycles. The van der Waals surface area contributed by atoms with Crippen molar-refractivity contribution in [2.45, 2.75) is 38.8 Å². The third-order valence-electron chi connectivity index (χ3n) is 3.21. The number of ether oxygens (including phenoxy) is 1. The standard InChI is InChI=1S/C14H22N2O2/c1-5-14(3,15)13(17)16-10(2)11-8-6-7-9-12(11)18-4/h6-10H,5,15H2,1-4H3,(H,16,17)/t10-,14?/m1/s1. The van der Waals surface area contributed by atoms with Crippen LogP contribution in [0, 0.1) is 0 Å². The van der Waals surface area contributed by atoms with Crippen LogP contribution in [-0.2, 0) is 4.79 Å². The van der Waals surface area contributed by atoms with Gasteiger partial charge in [-0.25, -0.2) is 0 Å². The van der Waals surface area contributed by atoms with Gasteiger partial charge in [0, 0.05) is 5.56 Å². The number of benzene rings is 1. The van der Waals surface area contributed by atoms with E-state index in [1.54, 1.807) is 14.0 Å². The normalized spacial score (nSPS) is 15.6. The van der Waals surface area contributed by atoms with Gasteiger partial charge >= 0.3 is 0 Å². The van der Waals surface area contributed by atoms with Gasteiger partial charge in [0.2, 0.25) is 5.91 Å². The van der Waals surface area contributed by atoms with Crippen LogP contribution in [0.4, 0.5) is 0 Å². The van der Waals surface area contributed by atoms with Crippen molar-refractivity contribution in [1.82, 2.24) is 5.32 Å². The van der Waals surface area contributed by atoms with Gasteiger partial charge in [0.15, 0.2) is 0 Å². The van der Waals surface area contributed by atoms with Gasteiger partial charge in [0.25, 0.3) is 0 Å². The van der Waals surface area contributed by atoms with Crippen LogP contribution in [0.5, 0.6) is 5.75 Å². The summed E-state index contributed by atoms with van der Waals surface area (Å²) in [5.74, 6) is 0.615. The molecule has 4 heteroatoms. The van der Waals surface area contributed by atoms with Crippen LogP contribution in [0.25, 0.3) is 0 Å². The molecule has 1 amide bonds. The molecule has 2 atom stereocenters. The number of hydrogen-bond acceptors (Lipinski definition) is 3. The molecule has 0 fully saturated rings. The van der Waals surface area contributed by atoms with Crippen molar-refractivity contribution in [3.05, 3.63) is 29.8 Å². The summed E-state index contributed by atoms with van der Waals surface area (Å²) in [5, 5.41) is 2.92. The number of nitrogens with two attached hydrogens (primary N) is 1. The molecule has 18 heavy (non-hydrogen) atoms. The smallest absolute Gasteiger partial charge is 0.240 e. The molecule has 0 aliphatic heterocycles. The Hall–Kier alpha value is -1.55. The van der Waals surface area contributed by atoms with Gasteiger partial charge in [0.05, 0.1) is 18.7 Å². The fraction of sp³-hybridized carbons (Fsp3) is 0.500. The van der Waals surface area contributed by atoms with Gasteiger partial charge in [0.1, 0.15) is 5.75 Å². The highest BCUT2D eigenvalue weighted by atomic mass is 16.5. The first kappa shape index (κ1) is 14.5. The number of hydrogen-bond donors (Lipinski definition) is 2. The summed E-state index contributed by atoms with van der Waals surface area (Å²) >= 11 is 0. The van der Waals surface area contributed by atoms with E-state index < -0.39 is 5.54 Å². The summed E-state index contributed by atoms with van der Waals surface area (Å²) in [6.45, 7) is 5.55. The maximum Gasteiger partial charge on any atom is 0.240 e. The zero-order valence-electron chi connectivity index (χ0n) is 11.5. The van der Waals surface area contributed by atoms with E-state index in [0.29, 0.717) is 6.42 Å². The van der Waals surface area contributed by atoms with Crippen molar-refractivity contribution in [1.29, 1.82) is 0 Å². The number of rotatable bonds is 5. The van der Waals surface area contributed by atoms with Crippen LogP contribution in [0.15, 0.2) is 24.3 Å². The lowest BCUT2D eigenvalue weighted by molar-refractivity contribution is -0.126. The highest BCUT2D eigenvalue weighted by Crippen LogP contribution is 2.24. The van der Waals surface area contributed by atoms with Gasteiger partial charge in [-0.05, 0) is 26.3 Å². The maximum absolute atomic E-state index is 12.0. The molecule has 0 aliphatic rings. The van der Waals surface area contributed by atoms with Crippen LogP contribution in [-0.4, -0.2) is 18.6 Å². The Kier molecular flexibility index (Phi) is 4.73. The molecule has 3 N–H and O–H groups in total. The van der Waals surface area contributed by atoms with Crippen LogP contribution >= 0.6 is 0 Å². The molecule has 1 unspecified atom stereocenters. The summed E-state index contributed by atoms with van der Waals surface area (Å²) in [6.07, 6.45) is 0.595. The average Bonchev–Trinajstić information content (AvgIpc) is 2.38. The zero-order chi connectivity index (χ0) is 13.8. The van der Waals surface area contributed by atoms with Crippen LogP contribution in [0.3, 0.4) is 0 Å². The molecule has 4 nitrogen and oxygen atoms in total. The van der Waals surface area contributed by atoms with E-state index in [1.807, 2.05) is 38.1 Å². The Labute approximate surface area is 109 Å². The quantitative estimate of drug-likeness (QED) is 0.840. The minimum atomic E-state index is -0.837. The number of carbonyl (C=O) groups excluding carboxylic acids is 1. The second kappa shape index (κ2) is 5.87. The van der Waals surface area contributed by atoms with E-state index in [4.69, 9.17) is 10.5 Å². The first-order valence-corrected chi connectivity index (χ1v) is 6.15.